The molecule has 72 valence electrons. The molecule has 0 aliphatic rings. The van der Waals surface area contributed by atoms with Crippen LogP contribution in [0, 0.1) is 0 Å². The molecule has 13 heavy (non-hydrogen) atoms. The first-order valence-corrected chi connectivity index (χ1v) is 5.50. The highest BCUT2D eigenvalue weighted by Crippen LogP contribution is 2.30. The average Bonchev–Trinajstić information content (AvgIpc) is 2.03. The molecule has 0 fully saturated rings. The number of benzene rings is 1. The molecule has 0 aliphatic heterocycles. The van der Waals surface area contributed by atoms with Crippen LogP contribution in [0.25, 0.3) is 0 Å². The fourth-order valence-corrected chi connectivity index (χ4v) is 2.60. The molecule has 1 aromatic rings. The van der Waals surface area contributed by atoms with E-state index in [0.29, 0.717) is 0 Å². The Labute approximate surface area is 94.4 Å². The first-order chi connectivity index (χ1) is 6.04. The molecule has 2 unspecified atom stereocenters. The highest BCUT2D eigenvalue weighted by Gasteiger charge is 2.17. The third kappa shape index (κ3) is 2.53. The molecule has 0 radical (unpaired) electrons. The molecule has 0 saturated heterocycles. The zero-order valence-corrected chi connectivity index (χ0v) is 10.3. The van der Waals surface area contributed by atoms with Gasteiger partial charge in [0.1, 0.15) is 0 Å². The molecule has 0 aliphatic carbocycles. The second-order valence-corrected chi connectivity index (χ2v) is 4.61. The molecule has 1 aromatic carbocycles. The zero-order chi connectivity index (χ0) is 10.0. The van der Waals surface area contributed by atoms with E-state index < -0.39 is 6.10 Å². The normalized spacial score (nSPS) is 15.5. The van der Waals surface area contributed by atoms with E-state index in [0.717, 1.165) is 14.5 Å². The Morgan fingerprint density at radius 2 is 1.77 bits per heavy atom. The zero-order valence-electron chi connectivity index (χ0n) is 7.17. The molecular weight excluding hydrogens is 298 g/mol. The predicted octanol–water partition coefficient (Wildman–Crippen LogP) is 2.59. The monoisotopic (exact) mass is 307 g/mol. The molecule has 0 heterocycles. The first kappa shape index (κ1) is 11.2. The summed E-state index contributed by atoms with van der Waals surface area (Å²) in [6.45, 7) is 1.68. The number of halogens is 2. The van der Waals surface area contributed by atoms with E-state index in [2.05, 4.69) is 31.9 Å². The molecule has 0 spiro atoms. The molecule has 1 rings (SSSR count). The molecule has 0 saturated carbocycles. The second-order valence-electron chi connectivity index (χ2n) is 2.90. The van der Waals surface area contributed by atoms with Crippen LogP contribution in [0.3, 0.4) is 0 Å². The predicted molar refractivity (Wildman–Crippen MR) is 60.5 cm³/mol. The van der Waals surface area contributed by atoms with Crippen molar-refractivity contribution in [3.8, 4) is 0 Å². The Morgan fingerprint density at radius 3 is 2.15 bits per heavy atom. The molecule has 2 atom stereocenters. The second kappa shape index (κ2) is 4.55. The van der Waals surface area contributed by atoms with Gasteiger partial charge in [0.25, 0.3) is 0 Å². The average molecular weight is 309 g/mol. The Bertz CT molecular complexity index is 281. The highest BCUT2D eigenvalue weighted by molar-refractivity contribution is 9.11. The van der Waals surface area contributed by atoms with Gasteiger partial charge in [-0.2, -0.15) is 0 Å². The number of aliphatic hydroxyl groups is 1. The third-order valence-electron chi connectivity index (χ3n) is 1.85. The van der Waals surface area contributed by atoms with E-state index in [-0.39, 0.29) is 6.04 Å². The standard InChI is InChI=1S/C9H11Br2NO/c1-5(13)9(12)8-6(10)3-2-4-7(8)11/h2-5,9,13H,12H2,1H3. The van der Waals surface area contributed by atoms with E-state index >= 15 is 0 Å². The van der Waals surface area contributed by atoms with Gasteiger partial charge in [-0.25, -0.2) is 0 Å². The maximum atomic E-state index is 9.36. The van der Waals surface area contributed by atoms with Gasteiger partial charge in [0.2, 0.25) is 0 Å². The van der Waals surface area contributed by atoms with Crippen LogP contribution in [0.4, 0.5) is 0 Å². The van der Waals surface area contributed by atoms with Gasteiger partial charge >= 0.3 is 0 Å². The molecule has 0 amide bonds. The quantitative estimate of drug-likeness (QED) is 0.882. The summed E-state index contributed by atoms with van der Waals surface area (Å²) in [5.41, 5.74) is 6.73. The topological polar surface area (TPSA) is 46.2 Å². The van der Waals surface area contributed by atoms with Gasteiger partial charge < -0.3 is 10.8 Å². The number of nitrogens with two attached hydrogens (primary N) is 1. The summed E-state index contributed by atoms with van der Waals surface area (Å²) in [6, 6.07) is 5.35. The van der Waals surface area contributed by atoms with Gasteiger partial charge in [-0.15, -0.1) is 0 Å². The van der Waals surface area contributed by atoms with Crippen LogP contribution in [-0.2, 0) is 0 Å². The van der Waals surface area contributed by atoms with Crippen molar-refractivity contribution < 1.29 is 5.11 Å². The Balaban J connectivity index is 3.12. The van der Waals surface area contributed by atoms with E-state index in [4.69, 9.17) is 5.73 Å². The summed E-state index contributed by atoms with van der Waals surface area (Å²) in [6.07, 6.45) is -0.560. The Morgan fingerprint density at radius 1 is 1.31 bits per heavy atom. The summed E-state index contributed by atoms with van der Waals surface area (Å²) in [4.78, 5) is 0. The van der Waals surface area contributed by atoms with Crippen LogP contribution in [0.5, 0.6) is 0 Å². The Kier molecular flexibility index (Phi) is 3.91. The van der Waals surface area contributed by atoms with Crippen molar-refractivity contribution in [3.05, 3.63) is 32.7 Å². The van der Waals surface area contributed by atoms with E-state index in [9.17, 15) is 5.11 Å². The molecule has 4 heteroatoms. The summed E-state index contributed by atoms with van der Waals surface area (Å²) < 4.78 is 1.82. The lowest BCUT2D eigenvalue weighted by Gasteiger charge is -2.18. The molecular formula is C9H11Br2NO. The molecule has 0 aromatic heterocycles. The van der Waals surface area contributed by atoms with E-state index in [1.807, 2.05) is 18.2 Å². The number of rotatable bonds is 2. The van der Waals surface area contributed by atoms with Crippen molar-refractivity contribution in [2.75, 3.05) is 0 Å². The third-order valence-corrected chi connectivity index (χ3v) is 3.24. The lowest BCUT2D eigenvalue weighted by molar-refractivity contribution is 0.163. The number of hydrogen-bond donors (Lipinski definition) is 2. The minimum atomic E-state index is -0.560. The highest BCUT2D eigenvalue weighted by atomic mass is 79.9. The van der Waals surface area contributed by atoms with Crippen molar-refractivity contribution in [1.82, 2.24) is 0 Å². The minimum Gasteiger partial charge on any atom is -0.391 e. The van der Waals surface area contributed by atoms with Gasteiger partial charge in [-0.3, -0.25) is 0 Å². The van der Waals surface area contributed by atoms with E-state index in [1.165, 1.54) is 0 Å². The van der Waals surface area contributed by atoms with Crippen LogP contribution in [0.1, 0.15) is 18.5 Å². The summed E-state index contributed by atoms with van der Waals surface area (Å²) >= 11 is 6.79. The van der Waals surface area contributed by atoms with Crippen LogP contribution in [0.15, 0.2) is 27.1 Å². The largest absolute Gasteiger partial charge is 0.391 e. The first-order valence-electron chi connectivity index (χ1n) is 3.91. The summed E-state index contributed by atoms with van der Waals surface area (Å²) in [7, 11) is 0. The fourth-order valence-electron chi connectivity index (χ4n) is 1.07. The van der Waals surface area contributed by atoms with Gasteiger partial charge in [0.05, 0.1) is 12.1 Å². The number of hydrogen-bond acceptors (Lipinski definition) is 2. The van der Waals surface area contributed by atoms with Crippen LogP contribution < -0.4 is 5.73 Å². The number of aliphatic hydroxyl groups excluding tert-OH is 1. The van der Waals surface area contributed by atoms with Crippen molar-refractivity contribution in [2.45, 2.75) is 19.1 Å². The fraction of sp³-hybridized carbons (Fsp3) is 0.333. The van der Waals surface area contributed by atoms with Crippen molar-refractivity contribution in [2.24, 2.45) is 5.73 Å². The molecule has 0 bridgehead atoms. The summed E-state index contributed by atoms with van der Waals surface area (Å²) in [5.74, 6) is 0. The van der Waals surface area contributed by atoms with Crippen molar-refractivity contribution in [1.29, 1.82) is 0 Å². The van der Waals surface area contributed by atoms with Gasteiger partial charge in [-0.05, 0) is 24.6 Å². The lowest BCUT2D eigenvalue weighted by Crippen LogP contribution is -2.23. The SMILES string of the molecule is CC(O)C(N)c1c(Br)cccc1Br. The summed E-state index contributed by atoms with van der Waals surface area (Å²) in [5, 5.41) is 9.36. The van der Waals surface area contributed by atoms with Crippen LogP contribution in [0.2, 0.25) is 0 Å². The minimum absolute atomic E-state index is 0.370. The smallest absolute Gasteiger partial charge is 0.0705 e. The van der Waals surface area contributed by atoms with Crippen molar-refractivity contribution in [3.63, 3.8) is 0 Å². The van der Waals surface area contributed by atoms with Gasteiger partial charge in [0, 0.05) is 8.95 Å². The van der Waals surface area contributed by atoms with Crippen molar-refractivity contribution >= 4 is 31.9 Å². The molecule has 2 nitrogen and oxygen atoms in total. The Hall–Kier alpha value is 0.1000. The van der Waals surface area contributed by atoms with Crippen LogP contribution >= 0.6 is 31.9 Å². The van der Waals surface area contributed by atoms with Crippen LogP contribution in [-0.4, -0.2) is 11.2 Å². The molecule has 3 N–H and O–H groups in total. The van der Waals surface area contributed by atoms with E-state index in [1.54, 1.807) is 6.92 Å². The van der Waals surface area contributed by atoms with Gasteiger partial charge in [0.15, 0.2) is 0 Å². The maximum absolute atomic E-state index is 9.36. The maximum Gasteiger partial charge on any atom is 0.0705 e. The lowest BCUT2D eigenvalue weighted by atomic mass is 10.0. The van der Waals surface area contributed by atoms with Gasteiger partial charge in [-0.1, -0.05) is 37.9 Å².